The molecule has 8 heteroatoms. The molecular formula is C21H29N3O5. The number of ketones is 2. The zero-order valence-corrected chi connectivity index (χ0v) is 17.0. The van der Waals surface area contributed by atoms with E-state index in [0.717, 1.165) is 19.6 Å². The average Bonchev–Trinajstić information content (AvgIpc) is 2.72. The second-order valence-corrected chi connectivity index (χ2v) is 6.99. The van der Waals surface area contributed by atoms with E-state index < -0.39 is 12.0 Å². The van der Waals surface area contributed by atoms with Gasteiger partial charge in [0.15, 0.2) is 0 Å². The highest BCUT2D eigenvalue weighted by Gasteiger charge is 2.28. The summed E-state index contributed by atoms with van der Waals surface area (Å²) < 4.78 is 5.07. The third-order valence-electron chi connectivity index (χ3n) is 5.00. The molecule has 1 atom stereocenters. The maximum atomic E-state index is 12.2. The van der Waals surface area contributed by atoms with Gasteiger partial charge in [0.2, 0.25) is 0 Å². The Bertz CT molecular complexity index is 728. The quantitative estimate of drug-likeness (QED) is 0.655. The zero-order chi connectivity index (χ0) is 21.2. The minimum atomic E-state index is -0.702. The molecule has 0 saturated heterocycles. The first kappa shape index (κ1) is 22.5. The van der Waals surface area contributed by atoms with E-state index in [1.165, 1.54) is 0 Å². The summed E-state index contributed by atoms with van der Waals surface area (Å²) in [5.41, 5.74) is 0.968. The SMILES string of the molecule is CCN(CC)CCNC(=O)c1ccc(NC(=O)OC[C@H]2CC(=O)CCC2=O)cc1. The van der Waals surface area contributed by atoms with Crippen molar-refractivity contribution in [3.8, 4) is 0 Å². The number of nitrogens with zero attached hydrogens (tertiary/aromatic N) is 1. The number of ether oxygens (including phenoxy) is 1. The van der Waals surface area contributed by atoms with Crippen LogP contribution in [0.4, 0.5) is 10.5 Å². The van der Waals surface area contributed by atoms with Crippen LogP contribution in [-0.2, 0) is 14.3 Å². The smallest absolute Gasteiger partial charge is 0.411 e. The summed E-state index contributed by atoms with van der Waals surface area (Å²) in [6.07, 6.45) is -0.0825. The molecule has 158 valence electrons. The van der Waals surface area contributed by atoms with Crippen LogP contribution in [0, 0.1) is 5.92 Å². The fraction of sp³-hybridized carbons (Fsp3) is 0.524. The molecule has 0 aliphatic heterocycles. The summed E-state index contributed by atoms with van der Waals surface area (Å²) in [5, 5.41) is 5.42. The van der Waals surface area contributed by atoms with Gasteiger partial charge in [-0.2, -0.15) is 0 Å². The molecule has 1 aliphatic rings. The van der Waals surface area contributed by atoms with Gasteiger partial charge in [-0.25, -0.2) is 4.79 Å². The number of rotatable bonds is 9. The molecule has 1 fully saturated rings. The fourth-order valence-electron chi connectivity index (χ4n) is 3.11. The maximum absolute atomic E-state index is 12.2. The van der Waals surface area contributed by atoms with Gasteiger partial charge in [0, 0.05) is 43.6 Å². The van der Waals surface area contributed by atoms with Crippen LogP contribution in [0.3, 0.4) is 0 Å². The maximum Gasteiger partial charge on any atom is 0.411 e. The number of carbonyl (C=O) groups is 4. The van der Waals surface area contributed by atoms with Crippen LogP contribution < -0.4 is 10.6 Å². The van der Waals surface area contributed by atoms with Gasteiger partial charge >= 0.3 is 6.09 Å². The first-order chi connectivity index (χ1) is 13.9. The van der Waals surface area contributed by atoms with Crippen molar-refractivity contribution < 1.29 is 23.9 Å². The van der Waals surface area contributed by atoms with Crippen molar-refractivity contribution in [2.45, 2.75) is 33.1 Å². The molecule has 0 aromatic heterocycles. The van der Waals surface area contributed by atoms with E-state index in [4.69, 9.17) is 4.74 Å². The highest BCUT2D eigenvalue weighted by molar-refractivity contribution is 5.96. The Hall–Kier alpha value is -2.74. The van der Waals surface area contributed by atoms with Gasteiger partial charge in [-0.15, -0.1) is 0 Å². The molecule has 8 nitrogen and oxygen atoms in total. The van der Waals surface area contributed by atoms with Crippen LogP contribution in [0.1, 0.15) is 43.5 Å². The molecule has 0 spiro atoms. The summed E-state index contributed by atoms with van der Waals surface area (Å²) in [6, 6.07) is 6.45. The summed E-state index contributed by atoms with van der Waals surface area (Å²) in [6.45, 7) is 7.28. The molecular weight excluding hydrogens is 374 g/mol. The standard InChI is InChI=1S/C21H29N3O5/c1-3-24(4-2)12-11-22-20(27)15-5-7-17(8-6-15)23-21(28)29-14-16-13-18(25)9-10-19(16)26/h5-8,16H,3-4,9-14H2,1-2H3,(H,22,27)(H,23,28)/t16-/m1/s1. The van der Waals surface area contributed by atoms with Gasteiger partial charge in [-0.3, -0.25) is 19.7 Å². The summed E-state index contributed by atoms with van der Waals surface area (Å²) in [5.74, 6) is -0.755. The van der Waals surface area contributed by atoms with Crippen LogP contribution in [-0.4, -0.2) is 61.3 Å². The normalized spacial score (nSPS) is 16.6. The molecule has 0 unspecified atom stereocenters. The Morgan fingerprint density at radius 3 is 2.45 bits per heavy atom. The first-order valence-electron chi connectivity index (χ1n) is 10.0. The van der Waals surface area contributed by atoms with Crippen molar-refractivity contribution in [2.24, 2.45) is 5.92 Å². The predicted octanol–water partition coefficient (Wildman–Crippen LogP) is 2.24. The molecule has 2 N–H and O–H groups in total. The van der Waals surface area contributed by atoms with Gasteiger partial charge in [-0.05, 0) is 37.4 Å². The minimum Gasteiger partial charge on any atom is -0.449 e. The largest absolute Gasteiger partial charge is 0.449 e. The van der Waals surface area contributed by atoms with E-state index in [-0.39, 0.29) is 43.3 Å². The number of carbonyl (C=O) groups excluding carboxylic acids is 4. The lowest BCUT2D eigenvalue weighted by atomic mass is 9.88. The number of hydrogen-bond donors (Lipinski definition) is 2. The van der Waals surface area contributed by atoms with Crippen molar-refractivity contribution in [2.75, 3.05) is 38.1 Å². The molecule has 2 amide bonds. The lowest BCUT2D eigenvalue weighted by molar-refractivity contribution is -0.134. The number of nitrogens with one attached hydrogen (secondary N) is 2. The molecule has 2 rings (SSSR count). The number of amides is 2. The van der Waals surface area contributed by atoms with Crippen molar-refractivity contribution >= 4 is 29.3 Å². The molecule has 0 bridgehead atoms. The third kappa shape index (κ3) is 7.30. The second-order valence-electron chi connectivity index (χ2n) is 6.99. The van der Waals surface area contributed by atoms with E-state index in [1.54, 1.807) is 24.3 Å². The van der Waals surface area contributed by atoms with E-state index in [1.807, 2.05) is 0 Å². The van der Waals surface area contributed by atoms with E-state index in [0.29, 0.717) is 17.8 Å². The number of Topliss-reactive ketones (excluding diaryl/α,β-unsaturated/α-hetero) is 2. The van der Waals surface area contributed by atoms with Crippen LogP contribution in [0.15, 0.2) is 24.3 Å². The Labute approximate surface area is 171 Å². The highest BCUT2D eigenvalue weighted by Crippen LogP contribution is 2.18. The fourth-order valence-corrected chi connectivity index (χ4v) is 3.11. The van der Waals surface area contributed by atoms with Crippen molar-refractivity contribution in [1.29, 1.82) is 0 Å². The first-order valence-corrected chi connectivity index (χ1v) is 10.0. The number of likely N-dealkylation sites (N-methyl/N-ethyl adjacent to an activating group) is 1. The van der Waals surface area contributed by atoms with Crippen molar-refractivity contribution in [3.63, 3.8) is 0 Å². The predicted molar refractivity (Wildman–Crippen MR) is 109 cm³/mol. The van der Waals surface area contributed by atoms with Gasteiger partial charge in [0.1, 0.15) is 18.2 Å². The average molecular weight is 403 g/mol. The van der Waals surface area contributed by atoms with E-state index in [2.05, 4.69) is 29.4 Å². The molecule has 1 aromatic carbocycles. The van der Waals surface area contributed by atoms with Gasteiger partial charge < -0.3 is 15.0 Å². The number of anilines is 1. The monoisotopic (exact) mass is 403 g/mol. The molecule has 1 aliphatic carbocycles. The van der Waals surface area contributed by atoms with Crippen LogP contribution in [0.2, 0.25) is 0 Å². The van der Waals surface area contributed by atoms with Crippen molar-refractivity contribution in [3.05, 3.63) is 29.8 Å². The van der Waals surface area contributed by atoms with Crippen LogP contribution in [0.25, 0.3) is 0 Å². The summed E-state index contributed by atoms with van der Waals surface area (Å²) in [7, 11) is 0. The van der Waals surface area contributed by atoms with Crippen molar-refractivity contribution in [1.82, 2.24) is 10.2 Å². The lowest BCUT2D eigenvalue weighted by Crippen LogP contribution is -2.34. The lowest BCUT2D eigenvalue weighted by Gasteiger charge is -2.19. The summed E-state index contributed by atoms with van der Waals surface area (Å²) in [4.78, 5) is 49.5. The Balaban J connectivity index is 1.76. The van der Waals surface area contributed by atoms with E-state index >= 15 is 0 Å². The van der Waals surface area contributed by atoms with E-state index in [9.17, 15) is 19.2 Å². The van der Waals surface area contributed by atoms with Gasteiger partial charge in [-0.1, -0.05) is 13.8 Å². The Kier molecular flexibility index (Phi) is 8.79. The Morgan fingerprint density at radius 1 is 1.10 bits per heavy atom. The number of benzene rings is 1. The molecule has 1 aromatic rings. The molecule has 0 radical (unpaired) electrons. The van der Waals surface area contributed by atoms with Crippen LogP contribution >= 0.6 is 0 Å². The summed E-state index contributed by atoms with van der Waals surface area (Å²) >= 11 is 0. The minimum absolute atomic E-state index is 0.0181. The molecule has 1 saturated carbocycles. The van der Waals surface area contributed by atoms with Crippen LogP contribution in [0.5, 0.6) is 0 Å². The molecule has 0 heterocycles. The third-order valence-corrected chi connectivity index (χ3v) is 5.00. The van der Waals surface area contributed by atoms with Gasteiger partial charge in [0.05, 0.1) is 5.92 Å². The second kappa shape index (κ2) is 11.3. The number of hydrogen-bond acceptors (Lipinski definition) is 6. The Morgan fingerprint density at radius 2 is 1.79 bits per heavy atom. The molecule has 29 heavy (non-hydrogen) atoms. The van der Waals surface area contributed by atoms with Gasteiger partial charge in [0.25, 0.3) is 5.91 Å². The zero-order valence-electron chi connectivity index (χ0n) is 17.0. The topological polar surface area (TPSA) is 105 Å². The highest BCUT2D eigenvalue weighted by atomic mass is 16.5.